The molecule has 1 aromatic carbocycles. The Morgan fingerprint density at radius 1 is 1.45 bits per heavy atom. The van der Waals surface area contributed by atoms with Gasteiger partial charge >= 0.3 is 0 Å². The normalized spacial score (nSPS) is 16.0. The van der Waals surface area contributed by atoms with Crippen LogP contribution in [0.2, 0.25) is 5.02 Å². The maximum absolute atomic E-state index is 11.8. The summed E-state index contributed by atoms with van der Waals surface area (Å²) in [5.74, 6) is 0.643. The Bertz CT molecular complexity index is 489. The molecule has 0 aliphatic heterocycles. The van der Waals surface area contributed by atoms with Crippen molar-refractivity contribution in [3.8, 4) is 5.75 Å². The first-order chi connectivity index (χ1) is 10.0. The van der Waals surface area contributed by atoms with Crippen molar-refractivity contribution in [1.29, 1.82) is 0 Å². The number of nitrogens with one attached hydrogen (secondary N) is 1. The molecule has 4 nitrogen and oxygen atoms in total. The molecule has 0 bridgehead atoms. The van der Waals surface area contributed by atoms with Crippen molar-refractivity contribution in [1.82, 2.24) is 0 Å². The number of nitrogens with two attached hydrogens (primary N) is 1. The molecule has 124 valence electrons. The third-order valence-corrected chi connectivity index (χ3v) is 3.93. The van der Waals surface area contributed by atoms with Crippen LogP contribution in [0.25, 0.3) is 0 Å². The summed E-state index contributed by atoms with van der Waals surface area (Å²) in [6.45, 7) is 1.89. The SMILES string of the molecule is CC(N)CCC(=O)Nc1ccc(OC2CCCC2)c(Cl)c1.Cl. The Hall–Kier alpha value is -0.970. The molecule has 1 fully saturated rings. The zero-order chi connectivity index (χ0) is 15.2. The highest BCUT2D eigenvalue weighted by Crippen LogP contribution is 2.31. The van der Waals surface area contributed by atoms with Crippen molar-refractivity contribution in [2.45, 2.75) is 57.6 Å². The molecule has 22 heavy (non-hydrogen) atoms. The van der Waals surface area contributed by atoms with Gasteiger partial charge in [-0.25, -0.2) is 0 Å². The Morgan fingerprint density at radius 2 is 2.14 bits per heavy atom. The van der Waals surface area contributed by atoms with Crippen molar-refractivity contribution in [2.24, 2.45) is 5.73 Å². The maximum Gasteiger partial charge on any atom is 0.224 e. The van der Waals surface area contributed by atoms with E-state index in [0.717, 1.165) is 12.8 Å². The van der Waals surface area contributed by atoms with E-state index in [1.165, 1.54) is 12.8 Å². The van der Waals surface area contributed by atoms with Crippen LogP contribution in [0.3, 0.4) is 0 Å². The van der Waals surface area contributed by atoms with E-state index in [1.807, 2.05) is 19.1 Å². The fourth-order valence-electron chi connectivity index (χ4n) is 2.44. The number of halogens is 2. The molecule has 1 aliphatic carbocycles. The molecule has 0 radical (unpaired) electrons. The van der Waals surface area contributed by atoms with Crippen molar-refractivity contribution in [3.63, 3.8) is 0 Å². The van der Waals surface area contributed by atoms with E-state index < -0.39 is 0 Å². The highest BCUT2D eigenvalue weighted by molar-refractivity contribution is 6.32. The van der Waals surface area contributed by atoms with Crippen molar-refractivity contribution >= 4 is 35.6 Å². The number of amides is 1. The van der Waals surface area contributed by atoms with Gasteiger partial charge in [-0.05, 0) is 57.2 Å². The summed E-state index contributed by atoms with van der Waals surface area (Å²) in [5, 5.41) is 3.36. The number of benzene rings is 1. The molecule has 1 unspecified atom stereocenters. The molecular formula is C16H24Cl2N2O2. The van der Waals surface area contributed by atoms with Gasteiger partial charge in [-0.1, -0.05) is 11.6 Å². The average molecular weight is 347 g/mol. The summed E-state index contributed by atoms with van der Waals surface area (Å²) in [7, 11) is 0. The quantitative estimate of drug-likeness (QED) is 0.813. The summed E-state index contributed by atoms with van der Waals surface area (Å²) >= 11 is 6.22. The van der Waals surface area contributed by atoms with Crippen molar-refractivity contribution in [3.05, 3.63) is 23.2 Å². The number of ether oxygens (including phenoxy) is 1. The Labute approximate surface area is 143 Å². The van der Waals surface area contributed by atoms with E-state index >= 15 is 0 Å². The van der Waals surface area contributed by atoms with Gasteiger partial charge in [0.15, 0.2) is 0 Å². The van der Waals surface area contributed by atoms with Gasteiger partial charge in [-0.15, -0.1) is 12.4 Å². The number of hydrogen-bond donors (Lipinski definition) is 2. The van der Waals surface area contributed by atoms with Crippen LogP contribution in [0, 0.1) is 0 Å². The lowest BCUT2D eigenvalue weighted by atomic mass is 10.2. The second-order valence-electron chi connectivity index (χ2n) is 5.73. The molecule has 1 aliphatic rings. The van der Waals surface area contributed by atoms with E-state index in [9.17, 15) is 4.79 Å². The molecule has 3 N–H and O–H groups in total. The van der Waals surface area contributed by atoms with E-state index in [1.54, 1.807) is 6.07 Å². The van der Waals surface area contributed by atoms with Crippen LogP contribution in [0.15, 0.2) is 18.2 Å². The first-order valence-electron chi connectivity index (χ1n) is 7.56. The van der Waals surface area contributed by atoms with Crippen LogP contribution in [-0.4, -0.2) is 18.1 Å². The lowest BCUT2D eigenvalue weighted by molar-refractivity contribution is -0.116. The Kier molecular flexibility index (Phi) is 8.01. The van der Waals surface area contributed by atoms with E-state index in [4.69, 9.17) is 22.1 Å². The molecule has 6 heteroatoms. The zero-order valence-corrected chi connectivity index (χ0v) is 14.4. The summed E-state index contributed by atoms with van der Waals surface area (Å²) in [6.07, 6.45) is 5.97. The minimum atomic E-state index is -0.0483. The van der Waals surface area contributed by atoms with Crippen LogP contribution in [0.5, 0.6) is 5.75 Å². The highest BCUT2D eigenvalue weighted by Gasteiger charge is 2.17. The first kappa shape index (κ1) is 19.1. The second-order valence-corrected chi connectivity index (χ2v) is 6.14. The van der Waals surface area contributed by atoms with Crippen LogP contribution >= 0.6 is 24.0 Å². The predicted molar refractivity (Wildman–Crippen MR) is 93.1 cm³/mol. The van der Waals surface area contributed by atoms with Gasteiger partial charge in [0.05, 0.1) is 11.1 Å². The molecule has 0 heterocycles. The minimum absolute atomic E-state index is 0. The van der Waals surface area contributed by atoms with E-state index in [2.05, 4.69) is 5.32 Å². The van der Waals surface area contributed by atoms with Crippen molar-refractivity contribution in [2.75, 3.05) is 5.32 Å². The van der Waals surface area contributed by atoms with Gasteiger partial charge < -0.3 is 15.8 Å². The third kappa shape index (κ3) is 6.03. The summed E-state index contributed by atoms with van der Waals surface area (Å²) in [6, 6.07) is 5.40. The zero-order valence-electron chi connectivity index (χ0n) is 12.8. The lowest BCUT2D eigenvalue weighted by Gasteiger charge is -2.15. The number of carbonyl (C=O) groups is 1. The van der Waals surface area contributed by atoms with Gasteiger partial charge in [0.2, 0.25) is 5.91 Å². The van der Waals surface area contributed by atoms with Gasteiger partial charge in [-0.2, -0.15) is 0 Å². The molecule has 1 saturated carbocycles. The van der Waals surface area contributed by atoms with Crippen LogP contribution in [0.4, 0.5) is 5.69 Å². The summed E-state index contributed by atoms with van der Waals surface area (Å²) in [4.78, 5) is 11.8. The highest BCUT2D eigenvalue weighted by atomic mass is 35.5. The molecule has 2 rings (SSSR count). The fourth-order valence-corrected chi connectivity index (χ4v) is 2.67. The molecule has 0 saturated heterocycles. The van der Waals surface area contributed by atoms with Gasteiger partial charge in [-0.3, -0.25) is 4.79 Å². The molecule has 1 aromatic rings. The van der Waals surface area contributed by atoms with Crippen LogP contribution in [0.1, 0.15) is 45.4 Å². The smallest absolute Gasteiger partial charge is 0.224 e. The van der Waals surface area contributed by atoms with Crippen LogP contribution < -0.4 is 15.8 Å². The van der Waals surface area contributed by atoms with Crippen molar-refractivity contribution < 1.29 is 9.53 Å². The number of carbonyl (C=O) groups excluding carboxylic acids is 1. The topological polar surface area (TPSA) is 64.4 Å². The average Bonchev–Trinajstić information content (AvgIpc) is 2.92. The molecule has 1 amide bonds. The number of anilines is 1. The molecular weight excluding hydrogens is 323 g/mol. The first-order valence-corrected chi connectivity index (χ1v) is 7.94. The summed E-state index contributed by atoms with van der Waals surface area (Å²) < 4.78 is 5.88. The van der Waals surface area contributed by atoms with Crippen LogP contribution in [-0.2, 0) is 4.79 Å². The second kappa shape index (κ2) is 9.23. The fraction of sp³-hybridized carbons (Fsp3) is 0.562. The third-order valence-electron chi connectivity index (χ3n) is 3.64. The number of hydrogen-bond acceptors (Lipinski definition) is 3. The molecule has 0 aromatic heterocycles. The van der Waals surface area contributed by atoms with Gasteiger partial charge in [0, 0.05) is 18.2 Å². The molecule has 0 spiro atoms. The molecule has 1 atom stereocenters. The Balaban J connectivity index is 0.00000242. The predicted octanol–water partition coefficient (Wildman–Crippen LogP) is 4.15. The maximum atomic E-state index is 11.8. The largest absolute Gasteiger partial charge is 0.489 e. The number of rotatable bonds is 6. The minimum Gasteiger partial charge on any atom is -0.489 e. The monoisotopic (exact) mass is 346 g/mol. The van der Waals surface area contributed by atoms with E-state index in [-0.39, 0.29) is 30.5 Å². The van der Waals surface area contributed by atoms with Gasteiger partial charge in [0.1, 0.15) is 5.75 Å². The van der Waals surface area contributed by atoms with Gasteiger partial charge in [0.25, 0.3) is 0 Å². The summed E-state index contributed by atoms with van der Waals surface area (Å²) in [5.41, 5.74) is 6.33. The lowest BCUT2D eigenvalue weighted by Crippen LogP contribution is -2.19. The Morgan fingerprint density at radius 3 is 2.73 bits per heavy atom. The van der Waals surface area contributed by atoms with E-state index in [0.29, 0.717) is 29.3 Å². The standard InChI is InChI=1S/C16H23ClN2O2.ClH/c1-11(18)6-9-16(20)19-12-7-8-15(14(17)10-12)21-13-4-2-3-5-13;/h7-8,10-11,13H,2-6,9,18H2,1H3,(H,19,20);1H.